The van der Waals surface area contributed by atoms with Gasteiger partial charge in [0.2, 0.25) is 6.33 Å². The third kappa shape index (κ3) is 4.20. The SMILES string of the molecule is CN[C@@H](Cc1c[n+](C(c2ccccc2)(c2ccccc2)c2ccccc2)cn1C)C(=O)OC. The third-order valence-corrected chi connectivity index (χ3v) is 6.25. The molecule has 0 aliphatic rings. The van der Waals surface area contributed by atoms with Crippen molar-refractivity contribution < 1.29 is 14.1 Å². The smallest absolute Gasteiger partial charge is 0.323 e. The predicted molar refractivity (Wildman–Crippen MR) is 129 cm³/mol. The van der Waals surface area contributed by atoms with Gasteiger partial charge >= 0.3 is 5.97 Å². The number of aromatic nitrogens is 2. The quantitative estimate of drug-likeness (QED) is 0.259. The summed E-state index contributed by atoms with van der Waals surface area (Å²) >= 11 is 0. The Bertz CT molecular complexity index is 1090. The topological polar surface area (TPSA) is 47.1 Å². The van der Waals surface area contributed by atoms with Crippen molar-refractivity contribution >= 4 is 5.97 Å². The molecular weight excluding hydrogens is 410 g/mol. The molecular formula is C28H30N3O2+. The first-order chi connectivity index (χ1) is 16.1. The maximum atomic E-state index is 12.2. The van der Waals surface area contributed by atoms with E-state index in [4.69, 9.17) is 4.74 Å². The van der Waals surface area contributed by atoms with Crippen molar-refractivity contribution in [1.29, 1.82) is 0 Å². The molecule has 1 aromatic heterocycles. The molecule has 3 aromatic carbocycles. The molecule has 1 atom stereocenters. The lowest BCUT2D eigenvalue weighted by atomic mass is 9.77. The number of ether oxygens (including phenoxy) is 1. The Morgan fingerprint density at radius 3 is 1.76 bits per heavy atom. The highest BCUT2D eigenvalue weighted by atomic mass is 16.5. The van der Waals surface area contributed by atoms with E-state index in [0.717, 1.165) is 22.4 Å². The van der Waals surface area contributed by atoms with E-state index in [1.807, 2.05) is 25.2 Å². The van der Waals surface area contributed by atoms with Crippen LogP contribution in [-0.2, 0) is 28.5 Å². The number of esters is 1. The largest absolute Gasteiger partial charge is 0.468 e. The van der Waals surface area contributed by atoms with Crippen molar-refractivity contribution in [1.82, 2.24) is 9.88 Å². The summed E-state index contributed by atoms with van der Waals surface area (Å²) in [6.45, 7) is 0. The molecule has 0 spiro atoms. The summed E-state index contributed by atoms with van der Waals surface area (Å²) in [6, 6.07) is 31.2. The number of methoxy groups -OCH3 is 1. The predicted octanol–water partition coefficient (Wildman–Crippen LogP) is 3.46. The average Bonchev–Trinajstić information content (AvgIpc) is 3.24. The Hall–Kier alpha value is -3.70. The number of hydrogen-bond acceptors (Lipinski definition) is 3. The molecule has 0 aliphatic heterocycles. The molecule has 0 radical (unpaired) electrons. The van der Waals surface area contributed by atoms with Gasteiger partial charge in [-0.25, -0.2) is 9.13 Å². The minimum absolute atomic E-state index is 0.273. The van der Waals surface area contributed by atoms with Gasteiger partial charge in [0.1, 0.15) is 17.9 Å². The molecule has 0 aliphatic carbocycles. The van der Waals surface area contributed by atoms with Gasteiger partial charge in [-0.05, 0) is 7.05 Å². The average molecular weight is 441 g/mol. The number of nitrogens with one attached hydrogen (secondary N) is 1. The van der Waals surface area contributed by atoms with Gasteiger partial charge in [-0.3, -0.25) is 4.79 Å². The molecule has 0 amide bonds. The summed E-state index contributed by atoms with van der Waals surface area (Å²) in [6.07, 6.45) is 4.76. The van der Waals surface area contributed by atoms with E-state index in [1.165, 1.54) is 7.11 Å². The Labute approximate surface area is 195 Å². The highest BCUT2D eigenvalue weighted by Crippen LogP contribution is 2.36. The van der Waals surface area contributed by atoms with Gasteiger partial charge in [-0.2, -0.15) is 0 Å². The molecule has 5 heteroatoms. The van der Waals surface area contributed by atoms with Gasteiger partial charge in [0.15, 0.2) is 5.54 Å². The van der Waals surface area contributed by atoms with Crippen LogP contribution in [0.25, 0.3) is 0 Å². The van der Waals surface area contributed by atoms with Crippen LogP contribution in [0.1, 0.15) is 22.4 Å². The second kappa shape index (κ2) is 9.84. The zero-order chi connectivity index (χ0) is 23.3. The van der Waals surface area contributed by atoms with Crippen LogP contribution in [0.4, 0.5) is 0 Å². The molecule has 0 saturated carbocycles. The minimum Gasteiger partial charge on any atom is -0.468 e. The zero-order valence-corrected chi connectivity index (χ0v) is 19.3. The second-order valence-electron chi connectivity index (χ2n) is 8.13. The number of nitrogens with zero attached hydrogens (tertiary/aromatic N) is 2. The summed E-state index contributed by atoms with van der Waals surface area (Å²) in [5, 5.41) is 3.07. The Morgan fingerprint density at radius 1 is 0.909 bits per heavy atom. The second-order valence-corrected chi connectivity index (χ2v) is 8.13. The normalized spacial score (nSPS) is 12.3. The number of rotatable bonds is 8. The van der Waals surface area contributed by atoms with Crippen LogP contribution in [0.2, 0.25) is 0 Å². The van der Waals surface area contributed by atoms with E-state index in [0.29, 0.717) is 6.42 Å². The first-order valence-electron chi connectivity index (χ1n) is 11.1. The van der Waals surface area contributed by atoms with Crippen molar-refractivity contribution in [2.45, 2.75) is 18.0 Å². The van der Waals surface area contributed by atoms with Crippen LogP contribution in [0.15, 0.2) is 104 Å². The van der Waals surface area contributed by atoms with Gasteiger partial charge in [0.05, 0.1) is 14.2 Å². The number of hydrogen-bond donors (Lipinski definition) is 1. The third-order valence-electron chi connectivity index (χ3n) is 6.25. The minimum atomic E-state index is -0.583. The fraction of sp³-hybridized carbons (Fsp3) is 0.214. The number of likely N-dealkylation sites (N-methyl/N-ethyl adjacent to an activating group) is 1. The zero-order valence-electron chi connectivity index (χ0n) is 19.3. The van der Waals surface area contributed by atoms with Crippen LogP contribution >= 0.6 is 0 Å². The number of carbonyl (C=O) groups is 1. The molecule has 0 unspecified atom stereocenters. The lowest BCUT2D eigenvalue weighted by molar-refractivity contribution is -0.734. The first kappa shape index (κ1) is 22.5. The van der Waals surface area contributed by atoms with Crippen molar-refractivity contribution in [3.63, 3.8) is 0 Å². The molecule has 4 rings (SSSR count). The molecule has 0 saturated heterocycles. The molecule has 1 heterocycles. The maximum absolute atomic E-state index is 12.2. The van der Waals surface area contributed by atoms with E-state index in [9.17, 15) is 4.79 Å². The van der Waals surface area contributed by atoms with Crippen LogP contribution in [0.5, 0.6) is 0 Å². The van der Waals surface area contributed by atoms with Crippen molar-refractivity contribution in [2.75, 3.05) is 14.2 Å². The van der Waals surface area contributed by atoms with E-state index >= 15 is 0 Å². The molecule has 33 heavy (non-hydrogen) atoms. The van der Waals surface area contributed by atoms with E-state index in [1.54, 1.807) is 7.05 Å². The monoisotopic (exact) mass is 440 g/mol. The first-order valence-corrected chi connectivity index (χ1v) is 11.1. The van der Waals surface area contributed by atoms with Gasteiger partial charge in [-0.15, -0.1) is 0 Å². The number of carbonyl (C=O) groups excluding carboxylic acids is 1. The van der Waals surface area contributed by atoms with Gasteiger partial charge < -0.3 is 10.1 Å². The van der Waals surface area contributed by atoms with Crippen LogP contribution in [0.3, 0.4) is 0 Å². The van der Waals surface area contributed by atoms with E-state index < -0.39 is 11.6 Å². The van der Waals surface area contributed by atoms with Gasteiger partial charge in [0.25, 0.3) is 0 Å². The fourth-order valence-corrected chi connectivity index (χ4v) is 4.57. The van der Waals surface area contributed by atoms with Crippen molar-refractivity contribution in [3.8, 4) is 0 Å². The maximum Gasteiger partial charge on any atom is 0.323 e. The Kier molecular flexibility index (Phi) is 6.71. The summed E-state index contributed by atoms with van der Waals surface area (Å²) in [7, 11) is 5.21. The standard InChI is InChI=1S/C28H30N3O2/c1-29-26(27(32)33-3)19-25-20-31(21-30(25)2)28(22-13-7-4-8-14-22,23-15-9-5-10-16-23)24-17-11-6-12-18-24/h4-18,20-21,26,29H,19H2,1-3H3/q+1/t26-/m0/s1. The lowest BCUT2D eigenvalue weighted by Gasteiger charge is -2.32. The Morgan fingerprint density at radius 2 is 1.36 bits per heavy atom. The molecule has 5 nitrogen and oxygen atoms in total. The molecule has 4 aromatic rings. The molecule has 1 N–H and O–H groups in total. The van der Waals surface area contributed by atoms with Gasteiger partial charge in [0, 0.05) is 23.1 Å². The van der Waals surface area contributed by atoms with Crippen molar-refractivity contribution in [3.05, 3.63) is 126 Å². The number of aryl methyl sites for hydroxylation is 1. The van der Waals surface area contributed by atoms with E-state index in [2.05, 4.69) is 99.8 Å². The summed E-state index contributed by atoms with van der Waals surface area (Å²) in [5.41, 5.74) is 3.90. The summed E-state index contributed by atoms with van der Waals surface area (Å²) in [5.74, 6) is -0.273. The van der Waals surface area contributed by atoms with Crippen LogP contribution in [-0.4, -0.2) is 30.7 Å². The highest BCUT2D eigenvalue weighted by Gasteiger charge is 2.43. The van der Waals surface area contributed by atoms with Crippen LogP contribution < -0.4 is 9.88 Å². The van der Waals surface area contributed by atoms with Crippen molar-refractivity contribution in [2.24, 2.45) is 7.05 Å². The number of imidazole rings is 1. The highest BCUT2D eigenvalue weighted by molar-refractivity contribution is 5.75. The lowest BCUT2D eigenvalue weighted by Crippen LogP contribution is -2.57. The summed E-state index contributed by atoms with van der Waals surface area (Å²) in [4.78, 5) is 12.2. The van der Waals surface area contributed by atoms with E-state index in [-0.39, 0.29) is 5.97 Å². The number of benzene rings is 3. The van der Waals surface area contributed by atoms with Crippen LogP contribution in [0, 0.1) is 0 Å². The fourth-order valence-electron chi connectivity index (χ4n) is 4.57. The van der Waals surface area contributed by atoms with Gasteiger partial charge in [-0.1, -0.05) is 91.0 Å². The molecule has 0 bridgehead atoms. The summed E-state index contributed by atoms with van der Waals surface area (Å²) < 4.78 is 9.32. The molecule has 0 fully saturated rings. The Balaban J connectivity index is 1.96. The molecule has 168 valence electrons.